The Morgan fingerprint density at radius 3 is 2.76 bits per heavy atom. The van der Waals surface area contributed by atoms with Gasteiger partial charge in [0.1, 0.15) is 0 Å². The fraction of sp³-hybridized carbons (Fsp3) is 0.500. The molecule has 21 heavy (non-hydrogen) atoms. The quantitative estimate of drug-likeness (QED) is 0.778. The molecular weight excluding hydrogens is 321 g/mol. The molecule has 0 aromatic heterocycles. The van der Waals surface area contributed by atoms with E-state index in [1.807, 2.05) is 13.8 Å². The lowest BCUT2D eigenvalue weighted by Gasteiger charge is -2.29. The van der Waals surface area contributed by atoms with Gasteiger partial charge in [0, 0.05) is 5.75 Å². The normalized spacial score (nSPS) is 22.9. The van der Waals surface area contributed by atoms with Crippen LogP contribution in [0.4, 0.5) is 18.9 Å². The second kappa shape index (κ2) is 6.08. The number of nitrogens with zero attached hydrogens (tertiary/aromatic N) is 1. The predicted molar refractivity (Wildman–Crippen MR) is 83.3 cm³/mol. The Hall–Kier alpha value is -0.880. The van der Waals surface area contributed by atoms with Gasteiger partial charge in [-0.2, -0.15) is 13.2 Å². The number of thioether (sulfide) groups is 1. The molecule has 0 fully saturated rings. The Bertz CT molecular complexity index is 560. The zero-order valence-corrected chi connectivity index (χ0v) is 13.3. The average molecular weight is 337 g/mol. The summed E-state index contributed by atoms with van der Waals surface area (Å²) in [5, 5.41) is 3.80. The molecule has 1 unspecified atom stereocenters. The molecule has 1 aromatic carbocycles. The summed E-state index contributed by atoms with van der Waals surface area (Å²) in [6.45, 7) is 4.09. The number of rotatable bonds is 2. The molecule has 1 aliphatic heterocycles. The fourth-order valence-electron chi connectivity index (χ4n) is 1.93. The van der Waals surface area contributed by atoms with E-state index in [-0.39, 0.29) is 16.2 Å². The van der Waals surface area contributed by atoms with E-state index in [0.29, 0.717) is 5.17 Å². The van der Waals surface area contributed by atoms with E-state index in [0.717, 1.165) is 30.7 Å². The molecule has 0 radical (unpaired) electrons. The number of hydrogen-bond donors (Lipinski definition) is 1. The third-order valence-corrected chi connectivity index (χ3v) is 4.75. The molecule has 7 heteroatoms. The highest BCUT2D eigenvalue weighted by atomic mass is 35.5. The van der Waals surface area contributed by atoms with Crippen LogP contribution in [0.2, 0.25) is 5.02 Å². The minimum atomic E-state index is -4.39. The Morgan fingerprint density at radius 1 is 1.43 bits per heavy atom. The summed E-state index contributed by atoms with van der Waals surface area (Å²) >= 11 is 7.47. The van der Waals surface area contributed by atoms with E-state index in [9.17, 15) is 13.2 Å². The first-order valence-corrected chi connectivity index (χ1v) is 7.96. The summed E-state index contributed by atoms with van der Waals surface area (Å²) in [6.07, 6.45) is -2.55. The monoisotopic (exact) mass is 336 g/mol. The molecule has 1 aliphatic rings. The van der Waals surface area contributed by atoms with Gasteiger partial charge in [0.2, 0.25) is 0 Å². The van der Waals surface area contributed by atoms with Crippen LogP contribution in [0.1, 0.15) is 32.3 Å². The molecule has 0 amide bonds. The molecule has 0 aliphatic carbocycles. The number of aliphatic imine (C=N–C) groups is 1. The topological polar surface area (TPSA) is 24.4 Å². The summed E-state index contributed by atoms with van der Waals surface area (Å²) in [5.41, 5.74) is -0.658. The van der Waals surface area contributed by atoms with Crippen LogP contribution in [0.25, 0.3) is 0 Å². The predicted octanol–water partition coefficient (Wildman–Crippen LogP) is 5.43. The Morgan fingerprint density at radius 2 is 2.14 bits per heavy atom. The number of hydrogen-bond acceptors (Lipinski definition) is 3. The maximum Gasteiger partial charge on any atom is 0.416 e. The van der Waals surface area contributed by atoms with Crippen molar-refractivity contribution in [2.24, 2.45) is 4.99 Å². The van der Waals surface area contributed by atoms with Crippen LogP contribution in [0.5, 0.6) is 0 Å². The molecule has 116 valence electrons. The standard InChI is InChI=1S/C14H16ClF3N2S/c1-3-13(2)6-7-21-12(20-13)19-11-8-9(14(16,17)18)4-5-10(11)15/h4-5,8H,3,6-7H2,1-2H3,(H,19,20). The van der Waals surface area contributed by atoms with Crippen molar-refractivity contribution < 1.29 is 13.2 Å². The van der Waals surface area contributed by atoms with Crippen molar-refractivity contribution in [2.75, 3.05) is 11.1 Å². The van der Waals surface area contributed by atoms with Gasteiger partial charge in [-0.15, -0.1) is 0 Å². The van der Waals surface area contributed by atoms with Crippen LogP contribution < -0.4 is 5.32 Å². The first-order chi connectivity index (χ1) is 9.73. The summed E-state index contributed by atoms with van der Waals surface area (Å²) in [4.78, 5) is 4.59. The summed E-state index contributed by atoms with van der Waals surface area (Å²) in [5.74, 6) is 0.882. The molecule has 0 bridgehead atoms. The van der Waals surface area contributed by atoms with Crippen molar-refractivity contribution in [3.63, 3.8) is 0 Å². The van der Waals surface area contributed by atoms with Crippen LogP contribution >= 0.6 is 23.4 Å². The van der Waals surface area contributed by atoms with Crippen LogP contribution in [0, 0.1) is 0 Å². The van der Waals surface area contributed by atoms with E-state index < -0.39 is 11.7 Å². The summed E-state index contributed by atoms with van der Waals surface area (Å²) in [7, 11) is 0. The Balaban J connectivity index is 2.27. The van der Waals surface area contributed by atoms with Gasteiger partial charge in [0.15, 0.2) is 5.17 Å². The second-order valence-corrected chi connectivity index (χ2v) is 6.67. The largest absolute Gasteiger partial charge is 0.416 e. The van der Waals surface area contributed by atoms with Crippen molar-refractivity contribution in [1.82, 2.24) is 0 Å². The highest BCUT2D eigenvalue weighted by Gasteiger charge is 2.31. The average Bonchev–Trinajstić information content (AvgIpc) is 2.40. The summed E-state index contributed by atoms with van der Waals surface area (Å²) in [6, 6.07) is 3.24. The molecular formula is C14H16ClF3N2S. The van der Waals surface area contributed by atoms with E-state index >= 15 is 0 Å². The Kier molecular flexibility index (Phi) is 4.78. The molecule has 1 atom stereocenters. The number of anilines is 1. The van der Waals surface area contributed by atoms with E-state index in [1.54, 1.807) is 0 Å². The van der Waals surface area contributed by atoms with Gasteiger partial charge in [0.25, 0.3) is 0 Å². The van der Waals surface area contributed by atoms with E-state index in [4.69, 9.17) is 11.6 Å². The van der Waals surface area contributed by atoms with Gasteiger partial charge in [-0.25, -0.2) is 0 Å². The first kappa shape index (κ1) is 16.5. The fourth-order valence-corrected chi connectivity index (χ4v) is 3.30. The van der Waals surface area contributed by atoms with Crippen molar-refractivity contribution in [1.29, 1.82) is 0 Å². The molecule has 0 saturated heterocycles. The second-order valence-electron chi connectivity index (χ2n) is 5.18. The third kappa shape index (κ3) is 4.07. The molecule has 1 N–H and O–H groups in total. The lowest BCUT2D eigenvalue weighted by atomic mass is 9.97. The zero-order valence-electron chi connectivity index (χ0n) is 11.7. The molecule has 2 rings (SSSR count). The van der Waals surface area contributed by atoms with Crippen LogP contribution in [-0.4, -0.2) is 16.5 Å². The number of benzene rings is 1. The van der Waals surface area contributed by atoms with E-state index in [2.05, 4.69) is 10.3 Å². The SMILES string of the molecule is CCC1(C)CCSC(Nc2cc(C(F)(F)F)ccc2Cl)=N1. The van der Waals surface area contributed by atoms with Crippen molar-refractivity contribution in [3.05, 3.63) is 28.8 Å². The van der Waals surface area contributed by atoms with Crippen molar-refractivity contribution >= 4 is 34.2 Å². The van der Waals surface area contributed by atoms with Gasteiger partial charge in [-0.3, -0.25) is 4.99 Å². The third-order valence-electron chi connectivity index (χ3n) is 3.55. The van der Waals surface area contributed by atoms with E-state index in [1.165, 1.54) is 17.8 Å². The van der Waals surface area contributed by atoms with Gasteiger partial charge < -0.3 is 5.32 Å². The molecule has 2 nitrogen and oxygen atoms in total. The van der Waals surface area contributed by atoms with Crippen LogP contribution in [-0.2, 0) is 6.18 Å². The number of alkyl halides is 3. The van der Waals surface area contributed by atoms with Gasteiger partial charge in [0.05, 0.1) is 21.8 Å². The van der Waals surface area contributed by atoms with Crippen molar-refractivity contribution in [2.45, 2.75) is 38.4 Å². The highest BCUT2D eigenvalue weighted by molar-refractivity contribution is 8.14. The van der Waals surface area contributed by atoms with Gasteiger partial charge in [-0.05, 0) is 38.0 Å². The minimum Gasteiger partial charge on any atom is -0.334 e. The maximum atomic E-state index is 12.7. The van der Waals surface area contributed by atoms with Crippen LogP contribution in [0.3, 0.4) is 0 Å². The van der Waals surface area contributed by atoms with Crippen molar-refractivity contribution in [3.8, 4) is 0 Å². The van der Waals surface area contributed by atoms with Gasteiger partial charge >= 0.3 is 6.18 Å². The first-order valence-electron chi connectivity index (χ1n) is 6.60. The molecule has 0 spiro atoms. The smallest absolute Gasteiger partial charge is 0.334 e. The van der Waals surface area contributed by atoms with Gasteiger partial charge in [-0.1, -0.05) is 30.3 Å². The lowest BCUT2D eigenvalue weighted by Crippen LogP contribution is -2.29. The summed E-state index contributed by atoms with van der Waals surface area (Å²) < 4.78 is 38.2. The Labute approximate surface area is 131 Å². The maximum absolute atomic E-state index is 12.7. The minimum absolute atomic E-state index is 0.165. The molecule has 1 heterocycles. The number of amidine groups is 1. The van der Waals surface area contributed by atoms with Crippen LogP contribution in [0.15, 0.2) is 23.2 Å². The molecule has 0 saturated carbocycles. The lowest BCUT2D eigenvalue weighted by molar-refractivity contribution is -0.137. The number of halogens is 4. The number of nitrogens with one attached hydrogen (secondary N) is 1. The zero-order chi connectivity index (χ0) is 15.7. The highest BCUT2D eigenvalue weighted by Crippen LogP contribution is 2.35. The molecule has 1 aromatic rings.